The monoisotopic (exact) mass is 330 g/mol. The molecular formula is C18H26N4O2. The molecule has 0 unspecified atom stereocenters. The van der Waals surface area contributed by atoms with Crippen LogP contribution in [-0.2, 0) is 9.59 Å². The number of aromatic nitrogens is 1. The molecule has 1 aromatic heterocycles. The number of amides is 2. The van der Waals surface area contributed by atoms with E-state index in [4.69, 9.17) is 0 Å². The zero-order chi connectivity index (χ0) is 16.8. The van der Waals surface area contributed by atoms with E-state index in [9.17, 15) is 9.59 Å². The molecule has 2 heterocycles. The quantitative estimate of drug-likeness (QED) is 0.820. The smallest absolute Gasteiger partial charge is 0.309 e. The minimum absolute atomic E-state index is 0.187. The Hall–Kier alpha value is -2.11. The van der Waals surface area contributed by atoms with Crippen molar-refractivity contribution in [2.24, 2.45) is 5.92 Å². The minimum atomic E-state index is -0.488. The van der Waals surface area contributed by atoms with Crippen LogP contribution in [0.3, 0.4) is 0 Å². The highest BCUT2D eigenvalue weighted by Crippen LogP contribution is 2.22. The van der Waals surface area contributed by atoms with Gasteiger partial charge in [-0.05, 0) is 43.7 Å². The maximum atomic E-state index is 11.9. The molecular weight excluding hydrogens is 304 g/mol. The molecule has 1 saturated carbocycles. The second-order valence-electron chi connectivity index (χ2n) is 6.80. The Morgan fingerprint density at radius 3 is 2.38 bits per heavy atom. The maximum absolute atomic E-state index is 11.9. The predicted octanol–water partition coefficient (Wildman–Crippen LogP) is 1.47. The van der Waals surface area contributed by atoms with Gasteiger partial charge in [0.1, 0.15) is 0 Å². The van der Waals surface area contributed by atoms with E-state index in [2.05, 4.69) is 20.5 Å². The van der Waals surface area contributed by atoms with Crippen molar-refractivity contribution in [3.05, 3.63) is 24.5 Å². The van der Waals surface area contributed by atoms with Gasteiger partial charge < -0.3 is 15.5 Å². The number of piperidine rings is 1. The zero-order valence-electron chi connectivity index (χ0n) is 14.0. The Morgan fingerprint density at radius 1 is 1.04 bits per heavy atom. The molecule has 2 aliphatic rings. The fourth-order valence-electron chi connectivity index (χ4n) is 3.59. The molecule has 2 N–H and O–H groups in total. The summed E-state index contributed by atoms with van der Waals surface area (Å²) in [6, 6.07) is 4.23. The van der Waals surface area contributed by atoms with Crippen LogP contribution in [0.25, 0.3) is 0 Å². The van der Waals surface area contributed by atoms with E-state index in [0.717, 1.165) is 51.6 Å². The van der Waals surface area contributed by atoms with Gasteiger partial charge in [-0.15, -0.1) is 0 Å². The number of anilines is 1. The van der Waals surface area contributed by atoms with Crippen LogP contribution in [0, 0.1) is 5.92 Å². The molecule has 0 radical (unpaired) electrons. The average molecular weight is 330 g/mol. The highest BCUT2D eigenvalue weighted by Gasteiger charge is 2.23. The van der Waals surface area contributed by atoms with Gasteiger partial charge in [0.15, 0.2) is 0 Å². The molecule has 130 valence electrons. The van der Waals surface area contributed by atoms with Gasteiger partial charge in [-0.3, -0.25) is 14.6 Å². The maximum Gasteiger partial charge on any atom is 0.309 e. The van der Waals surface area contributed by atoms with Gasteiger partial charge in [-0.25, -0.2) is 0 Å². The number of hydrogen-bond donors (Lipinski definition) is 2. The van der Waals surface area contributed by atoms with Crippen molar-refractivity contribution in [1.82, 2.24) is 15.6 Å². The normalized spacial score (nSPS) is 19.2. The molecule has 6 heteroatoms. The average Bonchev–Trinajstić information content (AvgIpc) is 3.14. The van der Waals surface area contributed by atoms with Crippen LogP contribution in [0.5, 0.6) is 0 Å². The van der Waals surface area contributed by atoms with Crippen molar-refractivity contribution in [1.29, 1.82) is 0 Å². The van der Waals surface area contributed by atoms with Crippen molar-refractivity contribution < 1.29 is 9.59 Å². The molecule has 2 amide bonds. The SMILES string of the molecule is O=C(NCC1CCN(c2ccncc2)CC1)C(=O)NC1CCCC1. The van der Waals surface area contributed by atoms with Crippen molar-refractivity contribution >= 4 is 17.5 Å². The molecule has 1 saturated heterocycles. The number of carbonyl (C=O) groups is 2. The summed E-state index contributed by atoms with van der Waals surface area (Å²) in [7, 11) is 0. The van der Waals surface area contributed by atoms with Crippen molar-refractivity contribution in [3.8, 4) is 0 Å². The first-order valence-corrected chi connectivity index (χ1v) is 8.96. The zero-order valence-corrected chi connectivity index (χ0v) is 14.0. The van der Waals surface area contributed by atoms with Gasteiger partial charge in [0.25, 0.3) is 0 Å². The minimum Gasteiger partial charge on any atom is -0.371 e. The number of carbonyl (C=O) groups excluding carboxylic acids is 2. The van der Waals surface area contributed by atoms with Crippen LogP contribution in [-0.4, -0.2) is 42.5 Å². The Labute approximate surface area is 143 Å². The van der Waals surface area contributed by atoms with Crippen LogP contribution in [0.4, 0.5) is 5.69 Å². The number of nitrogens with one attached hydrogen (secondary N) is 2. The van der Waals surface area contributed by atoms with Gasteiger partial charge in [-0.2, -0.15) is 0 Å². The van der Waals surface area contributed by atoms with Crippen molar-refractivity contribution in [2.75, 3.05) is 24.5 Å². The standard InChI is InChI=1S/C18H26N4O2/c23-17(18(24)21-15-3-1-2-4-15)20-13-14-7-11-22(12-8-14)16-5-9-19-10-6-16/h5-6,9-10,14-15H,1-4,7-8,11-13H2,(H,20,23)(H,21,24). The summed E-state index contributed by atoms with van der Waals surface area (Å²) in [6.07, 6.45) is 9.93. The molecule has 3 rings (SSSR count). The van der Waals surface area contributed by atoms with Crippen LogP contribution in [0.1, 0.15) is 38.5 Å². The second kappa shape index (κ2) is 8.13. The summed E-state index contributed by atoms with van der Waals surface area (Å²) in [6.45, 7) is 2.53. The van der Waals surface area contributed by atoms with Gasteiger partial charge in [0, 0.05) is 43.8 Å². The highest BCUT2D eigenvalue weighted by molar-refractivity contribution is 6.35. The summed E-state index contributed by atoms with van der Waals surface area (Å²) in [5.74, 6) is -0.527. The lowest BCUT2D eigenvalue weighted by molar-refractivity contribution is -0.139. The van der Waals surface area contributed by atoms with E-state index in [1.165, 1.54) is 5.69 Å². The third-order valence-corrected chi connectivity index (χ3v) is 5.09. The van der Waals surface area contributed by atoms with E-state index < -0.39 is 11.8 Å². The lowest BCUT2D eigenvalue weighted by Gasteiger charge is -2.33. The van der Waals surface area contributed by atoms with E-state index in [1.807, 2.05) is 24.5 Å². The number of rotatable bonds is 4. The fourth-order valence-corrected chi connectivity index (χ4v) is 3.59. The van der Waals surface area contributed by atoms with E-state index >= 15 is 0 Å². The fraction of sp³-hybridized carbons (Fsp3) is 0.611. The molecule has 0 aromatic carbocycles. The Bertz CT molecular complexity index is 549. The molecule has 6 nitrogen and oxygen atoms in total. The lowest BCUT2D eigenvalue weighted by atomic mass is 9.96. The lowest BCUT2D eigenvalue weighted by Crippen LogP contribution is -2.46. The molecule has 24 heavy (non-hydrogen) atoms. The molecule has 1 aliphatic carbocycles. The van der Waals surface area contributed by atoms with Gasteiger partial charge in [-0.1, -0.05) is 12.8 Å². The van der Waals surface area contributed by atoms with Crippen LogP contribution in [0.15, 0.2) is 24.5 Å². The Kier molecular flexibility index (Phi) is 5.67. The van der Waals surface area contributed by atoms with Crippen LogP contribution < -0.4 is 15.5 Å². The molecule has 0 bridgehead atoms. The summed E-state index contributed by atoms with van der Waals surface area (Å²) in [5.41, 5.74) is 1.20. The Morgan fingerprint density at radius 2 is 1.71 bits per heavy atom. The summed E-state index contributed by atoms with van der Waals surface area (Å²) in [5, 5.41) is 5.63. The third-order valence-electron chi connectivity index (χ3n) is 5.09. The molecule has 0 atom stereocenters. The van der Waals surface area contributed by atoms with E-state index in [0.29, 0.717) is 12.5 Å². The van der Waals surface area contributed by atoms with Crippen molar-refractivity contribution in [3.63, 3.8) is 0 Å². The largest absolute Gasteiger partial charge is 0.371 e. The molecule has 2 fully saturated rings. The number of hydrogen-bond acceptors (Lipinski definition) is 4. The summed E-state index contributed by atoms with van der Waals surface area (Å²) >= 11 is 0. The first-order valence-electron chi connectivity index (χ1n) is 8.96. The Balaban J connectivity index is 1.37. The van der Waals surface area contributed by atoms with E-state index in [1.54, 1.807) is 0 Å². The van der Waals surface area contributed by atoms with E-state index in [-0.39, 0.29) is 6.04 Å². The van der Waals surface area contributed by atoms with Crippen molar-refractivity contribution in [2.45, 2.75) is 44.6 Å². The third kappa shape index (κ3) is 4.46. The molecule has 1 aliphatic heterocycles. The van der Waals surface area contributed by atoms with Crippen LogP contribution in [0.2, 0.25) is 0 Å². The first-order chi connectivity index (χ1) is 11.7. The number of pyridine rings is 1. The van der Waals surface area contributed by atoms with Crippen LogP contribution >= 0.6 is 0 Å². The first kappa shape index (κ1) is 16.7. The predicted molar refractivity (Wildman–Crippen MR) is 92.6 cm³/mol. The van der Waals surface area contributed by atoms with Gasteiger partial charge in [0.2, 0.25) is 0 Å². The van der Waals surface area contributed by atoms with Gasteiger partial charge in [0.05, 0.1) is 0 Å². The topological polar surface area (TPSA) is 74.3 Å². The number of nitrogens with zero attached hydrogens (tertiary/aromatic N) is 2. The molecule has 1 aromatic rings. The second-order valence-corrected chi connectivity index (χ2v) is 6.80. The molecule has 0 spiro atoms. The summed E-state index contributed by atoms with van der Waals surface area (Å²) < 4.78 is 0. The highest BCUT2D eigenvalue weighted by atomic mass is 16.2. The summed E-state index contributed by atoms with van der Waals surface area (Å²) in [4.78, 5) is 30.2. The van der Waals surface area contributed by atoms with Gasteiger partial charge >= 0.3 is 11.8 Å².